The molecule has 0 unspecified atom stereocenters. The summed E-state index contributed by atoms with van der Waals surface area (Å²) >= 11 is 6.84. The molecule has 0 saturated carbocycles. The van der Waals surface area contributed by atoms with E-state index in [4.69, 9.17) is 14.2 Å². The molecule has 0 aliphatic carbocycles. The molecule has 4 aromatic carbocycles. The molecule has 0 atom stereocenters. The van der Waals surface area contributed by atoms with Crippen molar-refractivity contribution in [2.24, 2.45) is 0 Å². The number of benzene rings is 4. The number of esters is 1. The molecule has 0 saturated heterocycles. The third-order valence-corrected chi connectivity index (χ3v) is 6.82. The quantitative estimate of drug-likeness (QED) is 0.153. The van der Waals surface area contributed by atoms with Gasteiger partial charge in [0.2, 0.25) is 0 Å². The highest BCUT2D eigenvalue weighted by atomic mass is 79.9. The lowest BCUT2D eigenvalue weighted by molar-refractivity contribution is 0.0526. The zero-order valence-electron chi connectivity index (χ0n) is 23.4. The molecule has 0 N–H and O–H groups in total. The smallest absolute Gasteiger partial charge is 0.338 e. The summed E-state index contributed by atoms with van der Waals surface area (Å²) in [7, 11) is 1.62. The molecular formula is C37H24Br2O4. The molecule has 43 heavy (non-hydrogen) atoms. The van der Waals surface area contributed by atoms with Crippen LogP contribution in [0.5, 0.6) is 11.5 Å². The van der Waals surface area contributed by atoms with E-state index in [0.717, 1.165) is 31.4 Å². The van der Waals surface area contributed by atoms with E-state index < -0.39 is 5.97 Å². The molecule has 4 nitrogen and oxygen atoms in total. The second-order valence-electron chi connectivity index (χ2n) is 8.77. The van der Waals surface area contributed by atoms with Crippen LogP contribution in [0.1, 0.15) is 45.1 Å². The number of methoxy groups -OCH3 is 1. The van der Waals surface area contributed by atoms with Gasteiger partial charge in [0.05, 0.1) is 30.4 Å². The standard InChI is InChI=1S/C37H24Br2O4/c1-3-42-37(40)32-24-30(10-6-4-8-27-12-18-33(38)19-13-27)36(43-26-29-16-22-35(41-2)23-17-29)31(25-32)11-7-5-9-28-14-20-34(39)21-15-28/h12-25H,3,26H2,1-2H3. The summed E-state index contributed by atoms with van der Waals surface area (Å²) in [5, 5.41) is 0. The van der Waals surface area contributed by atoms with Gasteiger partial charge < -0.3 is 14.2 Å². The molecule has 0 spiro atoms. The number of carbonyl (C=O) groups is 1. The Balaban J connectivity index is 1.75. The molecule has 0 aliphatic heterocycles. The molecule has 210 valence electrons. The van der Waals surface area contributed by atoms with Crippen LogP contribution in [-0.2, 0) is 11.3 Å². The highest BCUT2D eigenvalue weighted by Crippen LogP contribution is 2.27. The van der Waals surface area contributed by atoms with Crippen LogP contribution in [-0.4, -0.2) is 19.7 Å². The van der Waals surface area contributed by atoms with Crippen molar-refractivity contribution >= 4 is 37.8 Å². The van der Waals surface area contributed by atoms with E-state index in [2.05, 4.69) is 79.2 Å². The highest BCUT2D eigenvalue weighted by Gasteiger charge is 2.16. The molecule has 0 aliphatic rings. The van der Waals surface area contributed by atoms with Crippen LogP contribution in [0.4, 0.5) is 0 Å². The van der Waals surface area contributed by atoms with Crippen molar-refractivity contribution in [3.05, 3.63) is 127 Å². The Morgan fingerprint density at radius 3 is 1.65 bits per heavy atom. The zero-order valence-corrected chi connectivity index (χ0v) is 26.6. The maximum atomic E-state index is 12.8. The van der Waals surface area contributed by atoms with E-state index in [1.807, 2.05) is 72.8 Å². The number of rotatable bonds is 6. The van der Waals surface area contributed by atoms with Crippen molar-refractivity contribution < 1.29 is 19.0 Å². The Morgan fingerprint density at radius 1 is 0.698 bits per heavy atom. The second-order valence-corrected chi connectivity index (χ2v) is 10.6. The van der Waals surface area contributed by atoms with E-state index >= 15 is 0 Å². The monoisotopic (exact) mass is 690 g/mol. The van der Waals surface area contributed by atoms with Gasteiger partial charge in [0.1, 0.15) is 12.4 Å². The molecule has 0 bridgehead atoms. The Hall–Kier alpha value is -4.85. The average molecular weight is 692 g/mol. The Morgan fingerprint density at radius 2 is 1.19 bits per heavy atom. The largest absolute Gasteiger partial charge is 0.497 e. The lowest BCUT2D eigenvalue weighted by atomic mass is 10.0. The average Bonchev–Trinajstić information content (AvgIpc) is 3.02. The van der Waals surface area contributed by atoms with Crippen LogP contribution >= 0.6 is 31.9 Å². The first-order valence-electron chi connectivity index (χ1n) is 13.1. The number of halogens is 2. The fraction of sp³-hybridized carbons (Fsp3) is 0.108. The summed E-state index contributed by atoms with van der Waals surface area (Å²) in [5.41, 5.74) is 3.77. The molecule has 0 amide bonds. The molecule has 0 heterocycles. The first-order chi connectivity index (χ1) is 20.9. The number of carbonyl (C=O) groups excluding carboxylic acids is 1. The topological polar surface area (TPSA) is 44.8 Å². The minimum atomic E-state index is -0.489. The van der Waals surface area contributed by atoms with Gasteiger partial charge in [0.15, 0.2) is 5.75 Å². The molecule has 0 aromatic heterocycles. The van der Waals surface area contributed by atoms with Gasteiger partial charge >= 0.3 is 5.97 Å². The first kappa shape index (κ1) is 31.1. The van der Waals surface area contributed by atoms with Gasteiger partial charge in [-0.05, 0) is 121 Å². The van der Waals surface area contributed by atoms with Gasteiger partial charge in [-0.15, -0.1) is 0 Å². The molecule has 4 aromatic rings. The number of ether oxygens (including phenoxy) is 3. The molecule has 0 radical (unpaired) electrons. The maximum Gasteiger partial charge on any atom is 0.338 e. The predicted octanol–water partition coefficient (Wildman–Crippen LogP) is 7.78. The zero-order chi connectivity index (χ0) is 30.4. The lowest BCUT2D eigenvalue weighted by Crippen LogP contribution is -2.07. The predicted molar refractivity (Wildman–Crippen MR) is 176 cm³/mol. The summed E-state index contributed by atoms with van der Waals surface area (Å²) in [5.74, 6) is 24.4. The van der Waals surface area contributed by atoms with Crippen LogP contribution in [0.25, 0.3) is 0 Å². The van der Waals surface area contributed by atoms with E-state index in [9.17, 15) is 4.79 Å². The van der Waals surface area contributed by atoms with Crippen LogP contribution < -0.4 is 9.47 Å². The number of hydrogen-bond acceptors (Lipinski definition) is 4. The van der Waals surface area contributed by atoms with E-state index in [1.54, 1.807) is 26.2 Å². The fourth-order valence-electron chi connectivity index (χ4n) is 3.65. The van der Waals surface area contributed by atoms with Gasteiger partial charge in [-0.2, -0.15) is 0 Å². The van der Waals surface area contributed by atoms with Crippen LogP contribution in [0, 0.1) is 47.4 Å². The highest BCUT2D eigenvalue weighted by molar-refractivity contribution is 9.10. The van der Waals surface area contributed by atoms with E-state index in [0.29, 0.717) is 22.4 Å². The van der Waals surface area contributed by atoms with E-state index in [1.165, 1.54) is 0 Å². The number of hydrogen-bond donors (Lipinski definition) is 0. The van der Waals surface area contributed by atoms with Crippen molar-refractivity contribution in [3.8, 4) is 58.9 Å². The summed E-state index contributed by atoms with van der Waals surface area (Å²) in [6, 6.07) is 26.0. The fourth-order valence-corrected chi connectivity index (χ4v) is 4.18. The summed E-state index contributed by atoms with van der Waals surface area (Å²) in [6.45, 7) is 2.22. The van der Waals surface area contributed by atoms with Crippen LogP contribution in [0.2, 0.25) is 0 Å². The normalized spacial score (nSPS) is 9.40. The van der Waals surface area contributed by atoms with Crippen LogP contribution in [0.3, 0.4) is 0 Å². The van der Waals surface area contributed by atoms with E-state index in [-0.39, 0.29) is 13.2 Å². The minimum Gasteiger partial charge on any atom is -0.497 e. The lowest BCUT2D eigenvalue weighted by Gasteiger charge is -2.13. The van der Waals surface area contributed by atoms with Gasteiger partial charge in [-0.1, -0.05) is 55.8 Å². The van der Waals surface area contributed by atoms with Crippen LogP contribution in [0.15, 0.2) is 93.9 Å². The first-order valence-corrected chi connectivity index (χ1v) is 14.7. The molecular weight excluding hydrogens is 668 g/mol. The Bertz CT molecular complexity index is 1740. The van der Waals surface area contributed by atoms with Crippen molar-refractivity contribution in [2.75, 3.05) is 13.7 Å². The Kier molecular flexibility index (Phi) is 11.5. The SMILES string of the molecule is CCOC(=O)c1cc(C#CC#Cc2ccc(Br)cc2)c(OCc2ccc(OC)cc2)c(C#CC#Cc2ccc(Br)cc2)c1. The van der Waals surface area contributed by atoms with Crippen molar-refractivity contribution in [1.82, 2.24) is 0 Å². The van der Waals surface area contributed by atoms with Gasteiger partial charge in [0, 0.05) is 20.1 Å². The third-order valence-electron chi connectivity index (χ3n) is 5.76. The molecule has 4 rings (SSSR count). The maximum absolute atomic E-state index is 12.8. The van der Waals surface area contributed by atoms with Gasteiger partial charge in [-0.3, -0.25) is 0 Å². The summed E-state index contributed by atoms with van der Waals surface area (Å²) < 4.78 is 18.7. The van der Waals surface area contributed by atoms with Gasteiger partial charge in [-0.25, -0.2) is 4.79 Å². The van der Waals surface area contributed by atoms with Crippen molar-refractivity contribution in [2.45, 2.75) is 13.5 Å². The van der Waals surface area contributed by atoms with Crippen molar-refractivity contribution in [1.29, 1.82) is 0 Å². The van der Waals surface area contributed by atoms with Gasteiger partial charge in [0.25, 0.3) is 0 Å². The molecule has 6 heteroatoms. The minimum absolute atomic E-state index is 0.230. The summed E-state index contributed by atoms with van der Waals surface area (Å²) in [4.78, 5) is 12.8. The third kappa shape index (κ3) is 9.60. The Labute approximate surface area is 269 Å². The summed E-state index contributed by atoms with van der Waals surface area (Å²) in [6.07, 6.45) is 0. The molecule has 0 fully saturated rings. The van der Waals surface area contributed by atoms with Crippen molar-refractivity contribution in [3.63, 3.8) is 0 Å². The second kappa shape index (κ2) is 16.0.